The molecule has 1 fully saturated rings. The number of aliphatic hydroxyl groups is 1. The Morgan fingerprint density at radius 2 is 2.00 bits per heavy atom. The zero-order valence-corrected chi connectivity index (χ0v) is 9.68. The molecule has 0 radical (unpaired) electrons. The van der Waals surface area contributed by atoms with Crippen LogP contribution in [0.3, 0.4) is 0 Å². The lowest BCUT2D eigenvalue weighted by molar-refractivity contribution is 0.217. The molecule has 0 saturated carbocycles. The maximum absolute atomic E-state index is 8.78. The van der Waals surface area contributed by atoms with E-state index in [1.54, 1.807) is 0 Å². The number of hydrogen-bond acceptors (Lipinski definition) is 4. The molecule has 0 bridgehead atoms. The van der Waals surface area contributed by atoms with Crippen LogP contribution < -0.4 is 0 Å². The Hall–Kier alpha value is -0.940. The average Bonchev–Trinajstić information content (AvgIpc) is 2.76. The van der Waals surface area contributed by atoms with Crippen LogP contribution in [0.5, 0.6) is 0 Å². The van der Waals surface area contributed by atoms with Crippen molar-refractivity contribution < 1.29 is 5.11 Å². The summed E-state index contributed by atoms with van der Waals surface area (Å²) >= 11 is 0. The molecule has 2 heterocycles. The van der Waals surface area contributed by atoms with Crippen molar-refractivity contribution in [2.75, 3.05) is 26.2 Å². The highest BCUT2D eigenvalue weighted by molar-refractivity contribution is 4.92. The third-order valence-corrected chi connectivity index (χ3v) is 3.05. The van der Waals surface area contributed by atoms with E-state index >= 15 is 0 Å². The third kappa shape index (κ3) is 3.28. The number of hydrogen-bond donors (Lipinski definition) is 1. The summed E-state index contributed by atoms with van der Waals surface area (Å²) in [4.78, 5) is 2.48. The van der Waals surface area contributed by atoms with E-state index in [1.165, 1.54) is 32.4 Å². The minimum atomic E-state index is 0.144. The van der Waals surface area contributed by atoms with Gasteiger partial charge in [-0.1, -0.05) is 11.6 Å². The zero-order chi connectivity index (χ0) is 11.2. The second kappa shape index (κ2) is 5.96. The molecule has 0 atom stereocenters. The number of aromatic nitrogens is 3. The Balaban J connectivity index is 1.75. The van der Waals surface area contributed by atoms with Gasteiger partial charge in [0.1, 0.15) is 0 Å². The molecule has 5 nitrogen and oxygen atoms in total. The lowest BCUT2D eigenvalue weighted by atomic mass is 10.1. The van der Waals surface area contributed by atoms with E-state index in [0.29, 0.717) is 6.42 Å². The highest BCUT2D eigenvalue weighted by Gasteiger charge is 2.09. The first kappa shape index (κ1) is 11.5. The Morgan fingerprint density at radius 1 is 1.19 bits per heavy atom. The topological polar surface area (TPSA) is 54.2 Å². The quantitative estimate of drug-likeness (QED) is 0.781. The molecule has 0 unspecified atom stereocenters. The van der Waals surface area contributed by atoms with E-state index in [9.17, 15) is 0 Å². The Kier molecular flexibility index (Phi) is 4.30. The second-order valence-corrected chi connectivity index (χ2v) is 4.35. The molecule has 1 aromatic heterocycles. The first-order valence-electron chi connectivity index (χ1n) is 6.11. The van der Waals surface area contributed by atoms with E-state index < -0.39 is 0 Å². The van der Waals surface area contributed by atoms with Gasteiger partial charge in [0.15, 0.2) is 0 Å². The maximum Gasteiger partial charge on any atom is 0.0849 e. The summed E-state index contributed by atoms with van der Waals surface area (Å²) in [7, 11) is 0. The van der Waals surface area contributed by atoms with Crippen molar-refractivity contribution >= 4 is 0 Å². The summed E-state index contributed by atoms with van der Waals surface area (Å²) in [6.07, 6.45) is 6.56. The van der Waals surface area contributed by atoms with Crippen molar-refractivity contribution in [3.05, 3.63) is 11.9 Å². The standard InChI is InChI=1S/C11H20N4O/c16-9-4-11-10-15(13-12-11)8-7-14-5-2-1-3-6-14/h10,16H,1-9H2. The summed E-state index contributed by atoms with van der Waals surface area (Å²) < 4.78 is 1.87. The van der Waals surface area contributed by atoms with Gasteiger partial charge in [0.25, 0.3) is 0 Å². The minimum Gasteiger partial charge on any atom is -0.396 e. The molecule has 0 aliphatic carbocycles. The Bertz CT molecular complexity index is 307. The van der Waals surface area contributed by atoms with Crippen LogP contribution in [0.1, 0.15) is 25.0 Å². The monoisotopic (exact) mass is 224 g/mol. The molecule has 1 aliphatic heterocycles. The fraction of sp³-hybridized carbons (Fsp3) is 0.818. The van der Waals surface area contributed by atoms with Crippen LogP contribution in [0.25, 0.3) is 0 Å². The van der Waals surface area contributed by atoms with Crippen LogP contribution in [0.15, 0.2) is 6.20 Å². The van der Waals surface area contributed by atoms with Crippen molar-refractivity contribution in [1.29, 1.82) is 0 Å². The molecule has 1 aromatic rings. The first-order valence-corrected chi connectivity index (χ1v) is 6.11. The Morgan fingerprint density at radius 3 is 2.75 bits per heavy atom. The van der Waals surface area contributed by atoms with Gasteiger partial charge in [0.05, 0.1) is 12.2 Å². The highest BCUT2D eigenvalue weighted by atomic mass is 16.3. The predicted octanol–water partition coefficient (Wildman–Crippen LogP) is 0.299. The van der Waals surface area contributed by atoms with Crippen LogP contribution in [0.4, 0.5) is 0 Å². The fourth-order valence-corrected chi connectivity index (χ4v) is 2.10. The van der Waals surface area contributed by atoms with Crippen LogP contribution in [-0.2, 0) is 13.0 Å². The van der Waals surface area contributed by atoms with Gasteiger partial charge < -0.3 is 10.0 Å². The number of aliphatic hydroxyl groups excluding tert-OH is 1. The first-order chi connectivity index (χ1) is 7.88. The van der Waals surface area contributed by atoms with Gasteiger partial charge in [-0.2, -0.15) is 0 Å². The number of piperidine rings is 1. The fourth-order valence-electron chi connectivity index (χ4n) is 2.10. The summed E-state index contributed by atoms with van der Waals surface area (Å²) in [5, 5.41) is 16.8. The summed E-state index contributed by atoms with van der Waals surface area (Å²) in [6.45, 7) is 4.54. The predicted molar refractivity (Wildman–Crippen MR) is 61.1 cm³/mol. The maximum atomic E-state index is 8.78. The minimum absolute atomic E-state index is 0.144. The Labute approximate surface area is 96.1 Å². The van der Waals surface area contributed by atoms with Crippen molar-refractivity contribution in [2.24, 2.45) is 0 Å². The van der Waals surface area contributed by atoms with E-state index in [1.807, 2.05) is 10.9 Å². The summed E-state index contributed by atoms with van der Waals surface area (Å²) in [5.74, 6) is 0. The molecule has 16 heavy (non-hydrogen) atoms. The van der Waals surface area contributed by atoms with Crippen LogP contribution in [-0.4, -0.2) is 51.2 Å². The molecule has 90 valence electrons. The van der Waals surface area contributed by atoms with Crippen molar-refractivity contribution in [1.82, 2.24) is 19.9 Å². The normalized spacial score (nSPS) is 17.8. The average molecular weight is 224 g/mol. The van der Waals surface area contributed by atoms with Crippen molar-refractivity contribution in [3.8, 4) is 0 Å². The molecular weight excluding hydrogens is 204 g/mol. The van der Waals surface area contributed by atoms with Gasteiger partial charge in [-0.15, -0.1) is 5.10 Å². The molecule has 5 heteroatoms. The number of rotatable bonds is 5. The highest BCUT2D eigenvalue weighted by Crippen LogP contribution is 2.08. The molecule has 0 aromatic carbocycles. The molecular formula is C11H20N4O. The lowest BCUT2D eigenvalue weighted by Gasteiger charge is -2.25. The van der Waals surface area contributed by atoms with E-state index in [2.05, 4.69) is 15.2 Å². The largest absolute Gasteiger partial charge is 0.396 e. The molecule has 1 N–H and O–H groups in total. The zero-order valence-electron chi connectivity index (χ0n) is 9.68. The molecule has 2 rings (SSSR count). The van der Waals surface area contributed by atoms with Gasteiger partial charge in [-0.25, -0.2) is 0 Å². The van der Waals surface area contributed by atoms with Gasteiger partial charge in [-0.3, -0.25) is 4.68 Å². The summed E-state index contributed by atoms with van der Waals surface area (Å²) in [6, 6.07) is 0. The van der Waals surface area contributed by atoms with Gasteiger partial charge in [-0.05, 0) is 25.9 Å². The van der Waals surface area contributed by atoms with E-state index in [4.69, 9.17) is 5.11 Å². The smallest absolute Gasteiger partial charge is 0.0849 e. The van der Waals surface area contributed by atoms with Crippen LogP contribution >= 0.6 is 0 Å². The van der Waals surface area contributed by atoms with E-state index in [0.717, 1.165) is 18.8 Å². The molecule has 1 aliphatic rings. The summed E-state index contributed by atoms with van der Waals surface area (Å²) in [5.41, 5.74) is 0.876. The van der Waals surface area contributed by atoms with Gasteiger partial charge >= 0.3 is 0 Å². The van der Waals surface area contributed by atoms with Gasteiger partial charge in [0.2, 0.25) is 0 Å². The third-order valence-electron chi connectivity index (χ3n) is 3.05. The molecule has 0 spiro atoms. The SMILES string of the molecule is OCCc1cn(CCN2CCCCC2)nn1. The lowest BCUT2D eigenvalue weighted by Crippen LogP contribution is -2.32. The molecule has 1 saturated heterocycles. The van der Waals surface area contributed by atoms with Crippen LogP contribution in [0.2, 0.25) is 0 Å². The number of likely N-dealkylation sites (tertiary alicyclic amines) is 1. The van der Waals surface area contributed by atoms with Crippen LogP contribution in [0, 0.1) is 0 Å². The number of nitrogens with zero attached hydrogens (tertiary/aromatic N) is 4. The van der Waals surface area contributed by atoms with Crippen molar-refractivity contribution in [2.45, 2.75) is 32.2 Å². The van der Waals surface area contributed by atoms with Crippen molar-refractivity contribution in [3.63, 3.8) is 0 Å². The molecule has 0 amide bonds. The van der Waals surface area contributed by atoms with E-state index in [-0.39, 0.29) is 6.61 Å². The van der Waals surface area contributed by atoms with Gasteiger partial charge in [0, 0.05) is 25.8 Å². The second-order valence-electron chi connectivity index (χ2n) is 4.35.